The summed E-state index contributed by atoms with van der Waals surface area (Å²) in [6.07, 6.45) is 5.15. The van der Waals surface area contributed by atoms with Gasteiger partial charge in [-0.2, -0.15) is 4.39 Å². The second-order valence-electron chi connectivity index (χ2n) is 5.07. The van der Waals surface area contributed by atoms with Gasteiger partial charge in [0.1, 0.15) is 0 Å². The molecule has 1 aliphatic rings. The monoisotopic (exact) mass is 288 g/mol. The van der Waals surface area contributed by atoms with Gasteiger partial charge in [0.05, 0.1) is 5.56 Å². The zero-order chi connectivity index (χ0) is 14.8. The van der Waals surface area contributed by atoms with Gasteiger partial charge in [0.25, 0.3) is 5.91 Å². The Hall–Kier alpha value is -2.30. The summed E-state index contributed by atoms with van der Waals surface area (Å²) in [5, 5.41) is 2.68. The molecule has 0 saturated carbocycles. The Morgan fingerprint density at radius 3 is 2.81 bits per heavy atom. The molecule has 0 radical (unpaired) electrons. The second kappa shape index (κ2) is 5.60. The largest absolute Gasteiger partial charge is 0.322 e. The van der Waals surface area contributed by atoms with Gasteiger partial charge in [-0.05, 0) is 48.9 Å². The number of aromatic nitrogens is 1. The van der Waals surface area contributed by atoms with Crippen LogP contribution in [-0.4, -0.2) is 10.9 Å². The number of aryl methyl sites for hydroxylation is 1. The highest BCUT2D eigenvalue weighted by Crippen LogP contribution is 2.28. The normalized spacial score (nSPS) is 13.6. The van der Waals surface area contributed by atoms with Gasteiger partial charge in [-0.15, -0.1) is 0 Å². The van der Waals surface area contributed by atoms with Gasteiger partial charge in [-0.25, -0.2) is 9.37 Å². The van der Waals surface area contributed by atoms with Gasteiger partial charge in [0, 0.05) is 11.9 Å². The first-order valence-electron chi connectivity index (χ1n) is 6.89. The van der Waals surface area contributed by atoms with Gasteiger partial charge in [0.2, 0.25) is 5.95 Å². The van der Waals surface area contributed by atoms with E-state index in [0.29, 0.717) is 5.69 Å². The molecule has 108 valence electrons. The van der Waals surface area contributed by atoms with E-state index in [9.17, 15) is 13.6 Å². The summed E-state index contributed by atoms with van der Waals surface area (Å²) in [5.41, 5.74) is 2.64. The van der Waals surface area contributed by atoms with E-state index in [1.807, 2.05) is 12.1 Å². The number of hydrogen-bond acceptors (Lipinski definition) is 2. The van der Waals surface area contributed by atoms with E-state index in [4.69, 9.17) is 0 Å². The summed E-state index contributed by atoms with van der Waals surface area (Å²) in [7, 11) is 0. The van der Waals surface area contributed by atoms with Gasteiger partial charge < -0.3 is 5.32 Å². The van der Waals surface area contributed by atoms with E-state index in [0.717, 1.165) is 37.4 Å². The Kier molecular flexibility index (Phi) is 3.64. The number of fused-ring (bicyclic) bond motifs is 1. The van der Waals surface area contributed by atoms with Crippen LogP contribution in [0.2, 0.25) is 0 Å². The fourth-order valence-electron chi connectivity index (χ4n) is 2.68. The molecule has 1 N–H and O–H groups in total. The smallest absolute Gasteiger partial charge is 0.258 e. The number of carbonyl (C=O) groups excluding carboxylic acids is 1. The van der Waals surface area contributed by atoms with Crippen LogP contribution in [-0.2, 0) is 12.8 Å². The lowest BCUT2D eigenvalue weighted by Gasteiger charge is -2.19. The van der Waals surface area contributed by atoms with E-state index in [1.165, 1.54) is 11.6 Å². The molecule has 3 nitrogen and oxygen atoms in total. The van der Waals surface area contributed by atoms with Crippen molar-refractivity contribution in [1.82, 2.24) is 4.98 Å². The zero-order valence-corrected chi connectivity index (χ0v) is 11.3. The Morgan fingerprint density at radius 2 is 1.95 bits per heavy atom. The minimum Gasteiger partial charge on any atom is -0.322 e. The van der Waals surface area contributed by atoms with E-state index < -0.39 is 17.7 Å². The number of carbonyl (C=O) groups is 1. The molecule has 1 aliphatic carbocycles. The average molecular weight is 288 g/mol. The first-order valence-corrected chi connectivity index (χ1v) is 6.89. The summed E-state index contributed by atoms with van der Waals surface area (Å²) >= 11 is 0. The molecule has 2 aromatic rings. The minimum absolute atomic E-state index is 0.337. The summed E-state index contributed by atoms with van der Waals surface area (Å²) in [5.74, 6) is -3.15. The SMILES string of the molecule is O=C(Nc1cccc2c1CCCC2)c1ccnc(F)c1F. The van der Waals surface area contributed by atoms with Gasteiger partial charge in [-0.3, -0.25) is 4.79 Å². The molecule has 1 aromatic carbocycles. The van der Waals surface area contributed by atoms with Crippen molar-refractivity contribution in [1.29, 1.82) is 0 Å². The van der Waals surface area contributed by atoms with Crippen molar-refractivity contribution in [2.24, 2.45) is 0 Å². The number of hydrogen-bond donors (Lipinski definition) is 1. The summed E-state index contributed by atoms with van der Waals surface area (Å²) in [6.45, 7) is 0. The number of pyridine rings is 1. The Balaban J connectivity index is 1.90. The number of rotatable bonds is 2. The molecule has 1 amide bonds. The van der Waals surface area contributed by atoms with E-state index in [2.05, 4.69) is 10.3 Å². The molecular weight excluding hydrogens is 274 g/mol. The molecular formula is C16H14F2N2O. The maximum Gasteiger partial charge on any atom is 0.258 e. The number of halogens is 2. The van der Waals surface area contributed by atoms with Gasteiger partial charge in [0.15, 0.2) is 5.82 Å². The highest BCUT2D eigenvalue weighted by molar-refractivity contribution is 6.04. The van der Waals surface area contributed by atoms with Crippen LogP contribution in [0.5, 0.6) is 0 Å². The molecule has 0 atom stereocenters. The van der Waals surface area contributed by atoms with Crippen LogP contribution in [0.3, 0.4) is 0 Å². The van der Waals surface area contributed by atoms with Crippen molar-refractivity contribution >= 4 is 11.6 Å². The average Bonchev–Trinajstić information content (AvgIpc) is 2.50. The van der Waals surface area contributed by atoms with Crippen molar-refractivity contribution in [2.75, 3.05) is 5.32 Å². The third kappa shape index (κ3) is 2.63. The number of nitrogens with one attached hydrogen (secondary N) is 1. The number of anilines is 1. The maximum absolute atomic E-state index is 13.6. The summed E-state index contributed by atoms with van der Waals surface area (Å²) < 4.78 is 26.7. The lowest BCUT2D eigenvalue weighted by Crippen LogP contribution is -2.17. The fourth-order valence-corrected chi connectivity index (χ4v) is 2.68. The number of nitrogens with zero attached hydrogens (tertiary/aromatic N) is 1. The van der Waals surface area contributed by atoms with E-state index in [-0.39, 0.29) is 5.56 Å². The van der Waals surface area contributed by atoms with Crippen LogP contribution in [0.1, 0.15) is 34.3 Å². The summed E-state index contributed by atoms with van der Waals surface area (Å²) in [6, 6.07) is 6.86. The molecule has 3 rings (SSSR count). The van der Waals surface area contributed by atoms with Crippen LogP contribution in [0.15, 0.2) is 30.5 Å². The zero-order valence-electron chi connectivity index (χ0n) is 11.3. The minimum atomic E-state index is -1.27. The Labute approximate surface area is 121 Å². The Morgan fingerprint density at radius 1 is 1.14 bits per heavy atom. The fraction of sp³-hybridized carbons (Fsp3) is 0.250. The van der Waals surface area contributed by atoms with Crippen LogP contribution in [0.25, 0.3) is 0 Å². The first kappa shape index (κ1) is 13.7. The molecule has 0 spiro atoms. The van der Waals surface area contributed by atoms with Crippen molar-refractivity contribution in [3.63, 3.8) is 0 Å². The molecule has 21 heavy (non-hydrogen) atoms. The number of amides is 1. The maximum atomic E-state index is 13.6. The molecule has 0 aliphatic heterocycles. The topological polar surface area (TPSA) is 42.0 Å². The van der Waals surface area contributed by atoms with Crippen LogP contribution in [0, 0.1) is 11.8 Å². The highest BCUT2D eigenvalue weighted by atomic mass is 19.2. The molecule has 0 bridgehead atoms. The van der Waals surface area contributed by atoms with Crippen LogP contribution >= 0.6 is 0 Å². The quantitative estimate of drug-likeness (QED) is 0.859. The summed E-state index contributed by atoms with van der Waals surface area (Å²) in [4.78, 5) is 15.3. The second-order valence-corrected chi connectivity index (χ2v) is 5.07. The van der Waals surface area contributed by atoms with Crippen LogP contribution in [0.4, 0.5) is 14.5 Å². The van der Waals surface area contributed by atoms with Crippen molar-refractivity contribution < 1.29 is 13.6 Å². The lowest BCUT2D eigenvalue weighted by atomic mass is 9.90. The van der Waals surface area contributed by atoms with E-state index in [1.54, 1.807) is 6.07 Å². The third-order valence-electron chi connectivity index (χ3n) is 3.74. The van der Waals surface area contributed by atoms with Crippen molar-refractivity contribution in [3.8, 4) is 0 Å². The number of benzene rings is 1. The molecule has 0 fully saturated rings. The molecule has 0 saturated heterocycles. The third-order valence-corrected chi connectivity index (χ3v) is 3.74. The molecule has 1 heterocycles. The Bertz CT molecular complexity index is 701. The van der Waals surface area contributed by atoms with Crippen LogP contribution < -0.4 is 5.32 Å². The van der Waals surface area contributed by atoms with Crippen molar-refractivity contribution in [2.45, 2.75) is 25.7 Å². The lowest BCUT2D eigenvalue weighted by molar-refractivity contribution is 0.102. The standard InChI is InChI=1S/C16H14F2N2O/c17-14-12(8-9-19-15(14)18)16(21)20-13-7-3-5-10-4-1-2-6-11(10)13/h3,5,7-9H,1-2,4,6H2,(H,20,21). The van der Waals surface area contributed by atoms with Crippen molar-refractivity contribution in [3.05, 3.63) is 58.9 Å². The predicted octanol–water partition coefficient (Wildman–Crippen LogP) is 3.49. The molecule has 5 heteroatoms. The first-order chi connectivity index (χ1) is 10.2. The predicted molar refractivity (Wildman–Crippen MR) is 75.2 cm³/mol. The highest BCUT2D eigenvalue weighted by Gasteiger charge is 2.19. The van der Waals surface area contributed by atoms with E-state index >= 15 is 0 Å². The van der Waals surface area contributed by atoms with Gasteiger partial charge in [-0.1, -0.05) is 12.1 Å². The molecule has 1 aromatic heterocycles. The molecule has 0 unspecified atom stereocenters. The van der Waals surface area contributed by atoms with Gasteiger partial charge >= 0.3 is 0 Å².